The Kier molecular flexibility index (Phi) is 10.4. The number of halogens is 2. The van der Waals surface area contributed by atoms with Gasteiger partial charge in [0.25, 0.3) is 0 Å². The Morgan fingerprint density at radius 1 is 1.25 bits per heavy atom. The number of nitrogens with one attached hydrogen (secondary N) is 2. The second-order valence-corrected chi connectivity index (χ2v) is 6.11. The summed E-state index contributed by atoms with van der Waals surface area (Å²) in [7, 11) is 0. The fourth-order valence-corrected chi connectivity index (χ4v) is 1.90. The van der Waals surface area contributed by atoms with E-state index in [0.717, 1.165) is 0 Å². The molecule has 1 aromatic carbocycles. The molecule has 4 N–H and O–H groups in total. The van der Waals surface area contributed by atoms with Crippen LogP contribution in [0.25, 0.3) is 0 Å². The van der Waals surface area contributed by atoms with Gasteiger partial charge in [0.15, 0.2) is 0 Å². The maximum atomic E-state index is 11.7. The third-order valence-electron chi connectivity index (χ3n) is 3.16. The van der Waals surface area contributed by atoms with Crippen molar-refractivity contribution >= 4 is 35.8 Å². The van der Waals surface area contributed by atoms with Crippen molar-refractivity contribution in [3.05, 3.63) is 29.3 Å². The second-order valence-electron chi connectivity index (χ2n) is 5.68. The van der Waals surface area contributed by atoms with Gasteiger partial charge in [-0.2, -0.15) is 0 Å². The number of amides is 2. The van der Waals surface area contributed by atoms with Crippen molar-refractivity contribution < 1.29 is 14.3 Å². The van der Waals surface area contributed by atoms with Gasteiger partial charge in [-0.3, -0.25) is 9.59 Å². The van der Waals surface area contributed by atoms with Gasteiger partial charge in [0.05, 0.1) is 19.1 Å². The smallest absolute Gasteiger partial charge is 0.239 e. The number of carbonyl (C=O) groups excluding carboxylic acids is 2. The van der Waals surface area contributed by atoms with Crippen LogP contribution in [0.15, 0.2) is 24.3 Å². The molecule has 24 heavy (non-hydrogen) atoms. The van der Waals surface area contributed by atoms with E-state index in [-0.39, 0.29) is 42.8 Å². The van der Waals surface area contributed by atoms with Crippen LogP contribution in [-0.4, -0.2) is 37.0 Å². The zero-order valence-corrected chi connectivity index (χ0v) is 15.6. The molecule has 1 rings (SSSR count). The highest BCUT2D eigenvalue weighted by Gasteiger charge is 2.17. The molecule has 8 heteroatoms. The van der Waals surface area contributed by atoms with Crippen LogP contribution in [0.1, 0.15) is 20.8 Å². The summed E-state index contributed by atoms with van der Waals surface area (Å²) in [6.45, 7) is 5.73. The molecule has 1 aromatic rings. The molecule has 6 nitrogen and oxygen atoms in total. The van der Waals surface area contributed by atoms with Crippen molar-refractivity contribution in [3.63, 3.8) is 0 Å². The third kappa shape index (κ3) is 8.38. The Balaban J connectivity index is 0.00000529. The maximum Gasteiger partial charge on any atom is 0.239 e. The first-order chi connectivity index (χ1) is 10.8. The minimum absolute atomic E-state index is 0. The number of rotatable bonds is 8. The largest absolute Gasteiger partial charge is 0.489 e. The molecular formula is C16H25Cl2N3O3. The van der Waals surface area contributed by atoms with Crippen molar-refractivity contribution in [1.29, 1.82) is 0 Å². The maximum absolute atomic E-state index is 11.7. The minimum Gasteiger partial charge on any atom is -0.489 e. The zero-order chi connectivity index (χ0) is 17.4. The molecule has 0 spiro atoms. The molecule has 0 aliphatic rings. The average Bonchev–Trinajstić information content (AvgIpc) is 2.49. The molecule has 0 saturated carbocycles. The molecule has 2 atom stereocenters. The van der Waals surface area contributed by atoms with Gasteiger partial charge in [-0.05, 0) is 31.0 Å². The summed E-state index contributed by atoms with van der Waals surface area (Å²) in [5.41, 5.74) is 5.69. The van der Waals surface area contributed by atoms with E-state index in [9.17, 15) is 9.59 Å². The van der Waals surface area contributed by atoms with Crippen molar-refractivity contribution in [2.75, 3.05) is 13.1 Å². The van der Waals surface area contributed by atoms with Gasteiger partial charge in [0.1, 0.15) is 11.9 Å². The molecule has 0 aliphatic carbocycles. The molecule has 0 aromatic heterocycles. The summed E-state index contributed by atoms with van der Waals surface area (Å²) in [5.74, 6) is 0.0221. The molecule has 136 valence electrons. The summed E-state index contributed by atoms with van der Waals surface area (Å²) in [6.07, 6.45) is -0.231. The number of benzene rings is 1. The number of carbonyl (C=O) groups is 2. The van der Waals surface area contributed by atoms with Crippen LogP contribution in [0, 0.1) is 5.92 Å². The first-order valence-corrected chi connectivity index (χ1v) is 7.89. The second kappa shape index (κ2) is 11.1. The van der Waals surface area contributed by atoms with E-state index in [1.54, 1.807) is 24.3 Å². The predicted octanol–water partition coefficient (Wildman–Crippen LogP) is 1.74. The van der Waals surface area contributed by atoms with Crippen LogP contribution in [0.3, 0.4) is 0 Å². The van der Waals surface area contributed by atoms with Crippen molar-refractivity contribution in [3.8, 4) is 5.75 Å². The van der Waals surface area contributed by atoms with Gasteiger partial charge in [-0.15, -0.1) is 12.4 Å². The molecule has 0 heterocycles. The Labute approximate surface area is 153 Å². The first kappa shape index (κ1) is 22.5. The highest BCUT2D eigenvalue weighted by molar-refractivity contribution is 6.30. The quantitative estimate of drug-likeness (QED) is 0.643. The Hall–Kier alpha value is -1.50. The molecular weight excluding hydrogens is 353 g/mol. The fourth-order valence-electron chi connectivity index (χ4n) is 1.72. The van der Waals surface area contributed by atoms with Crippen LogP contribution in [0.5, 0.6) is 5.75 Å². The third-order valence-corrected chi connectivity index (χ3v) is 3.40. The summed E-state index contributed by atoms with van der Waals surface area (Å²) in [6, 6.07) is 6.42. The molecule has 0 aliphatic heterocycles. The van der Waals surface area contributed by atoms with Gasteiger partial charge >= 0.3 is 0 Å². The minimum atomic E-state index is -0.618. The van der Waals surface area contributed by atoms with E-state index < -0.39 is 6.04 Å². The van der Waals surface area contributed by atoms with Crippen molar-refractivity contribution in [2.24, 2.45) is 11.7 Å². The number of ether oxygens (including phenoxy) is 1. The first-order valence-electron chi connectivity index (χ1n) is 7.51. The van der Waals surface area contributed by atoms with Gasteiger partial charge < -0.3 is 21.1 Å². The van der Waals surface area contributed by atoms with Crippen LogP contribution < -0.4 is 21.1 Å². The monoisotopic (exact) mass is 377 g/mol. The van der Waals surface area contributed by atoms with Crippen LogP contribution in [-0.2, 0) is 9.59 Å². The molecule has 0 radical (unpaired) electrons. The lowest BCUT2D eigenvalue weighted by atomic mass is 10.1. The lowest BCUT2D eigenvalue weighted by Crippen LogP contribution is -2.47. The van der Waals surface area contributed by atoms with E-state index in [2.05, 4.69) is 10.6 Å². The highest BCUT2D eigenvalue weighted by atomic mass is 35.5. The number of nitrogens with two attached hydrogens (primary N) is 1. The van der Waals surface area contributed by atoms with Crippen LogP contribution >= 0.6 is 24.0 Å². The van der Waals surface area contributed by atoms with Gasteiger partial charge in [0.2, 0.25) is 11.8 Å². The molecule has 2 amide bonds. The average molecular weight is 378 g/mol. The van der Waals surface area contributed by atoms with Crippen LogP contribution in [0.2, 0.25) is 5.02 Å². The van der Waals surface area contributed by atoms with E-state index >= 15 is 0 Å². The molecule has 1 unspecified atom stereocenters. The topological polar surface area (TPSA) is 93.5 Å². The number of hydrogen-bond acceptors (Lipinski definition) is 4. The summed E-state index contributed by atoms with van der Waals surface area (Å²) >= 11 is 5.87. The highest BCUT2D eigenvalue weighted by Crippen LogP contribution is 2.18. The van der Waals surface area contributed by atoms with Gasteiger partial charge in [-0.1, -0.05) is 31.5 Å². The lowest BCUT2D eigenvalue weighted by molar-refractivity contribution is -0.127. The normalized spacial score (nSPS) is 12.8. The van der Waals surface area contributed by atoms with Crippen molar-refractivity contribution in [2.45, 2.75) is 32.9 Å². The Morgan fingerprint density at radius 2 is 1.92 bits per heavy atom. The van der Waals surface area contributed by atoms with Gasteiger partial charge in [-0.25, -0.2) is 0 Å². The molecule has 0 bridgehead atoms. The fraction of sp³-hybridized carbons (Fsp3) is 0.500. The predicted molar refractivity (Wildman–Crippen MR) is 97.6 cm³/mol. The van der Waals surface area contributed by atoms with Crippen LogP contribution in [0.4, 0.5) is 0 Å². The standard InChI is InChI=1S/C16H24ClN3O3.ClH/c1-10(2)15(18)16(22)20-9-14(21)19-8-11(3)23-13-6-4-5-12(17)7-13;/h4-7,10-11,15H,8-9,18H2,1-3H3,(H,19,21)(H,20,22);1H/t11?,15-;/m0./s1. The van der Waals surface area contributed by atoms with Gasteiger partial charge in [0, 0.05) is 5.02 Å². The summed E-state index contributed by atoms with van der Waals surface area (Å²) in [4.78, 5) is 23.4. The van der Waals surface area contributed by atoms with Crippen molar-refractivity contribution in [1.82, 2.24) is 10.6 Å². The van der Waals surface area contributed by atoms with E-state index in [0.29, 0.717) is 17.3 Å². The Morgan fingerprint density at radius 3 is 2.50 bits per heavy atom. The lowest BCUT2D eigenvalue weighted by Gasteiger charge is -2.17. The van der Waals surface area contributed by atoms with E-state index in [1.807, 2.05) is 20.8 Å². The summed E-state index contributed by atoms with van der Waals surface area (Å²) < 4.78 is 5.63. The summed E-state index contributed by atoms with van der Waals surface area (Å²) in [5, 5.41) is 5.78. The molecule has 0 saturated heterocycles. The van der Waals surface area contributed by atoms with E-state index in [4.69, 9.17) is 22.1 Å². The van der Waals surface area contributed by atoms with E-state index in [1.165, 1.54) is 0 Å². The number of hydrogen-bond donors (Lipinski definition) is 3. The molecule has 0 fully saturated rings. The Bertz CT molecular complexity index is 541. The zero-order valence-electron chi connectivity index (χ0n) is 14.0. The SMILES string of the molecule is CC(CNC(=O)CNC(=O)[C@@H](N)C(C)C)Oc1cccc(Cl)c1.Cl.